The maximum absolute atomic E-state index is 5.84. The van der Waals surface area contributed by atoms with E-state index in [0.717, 1.165) is 35.2 Å². The third-order valence-electron chi connectivity index (χ3n) is 3.24. The summed E-state index contributed by atoms with van der Waals surface area (Å²) in [5.41, 5.74) is 6.67. The molecule has 2 rings (SSSR count). The van der Waals surface area contributed by atoms with E-state index in [9.17, 15) is 0 Å². The van der Waals surface area contributed by atoms with E-state index in [1.165, 1.54) is 0 Å². The Balaban J connectivity index is 1.88. The molecule has 0 bridgehead atoms. The lowest BCUT2D eigenvalue weighted by atomic mass is 9.82. The molecule has 1 aliphatic carbocycles. The summed E-state index contributed by atoms with van der Waals surface area (Å²) in [6, 6.07) is 5.96. The molecule has 0 spiro atoms. The molecule has 2 N–H and O–H groups in total. The van der Waals surface area contributed by atoms with Crippen LogP contribution in [0.1, 0.15) is 18.4 Å². The summed E-state index contributed by atoms with van der Waals surface area (Å²) < 4.78 is 12.2. The number of halogens is 1. The fourth-order valence-electron chi connectivity index (χ4n) is 2.07. The van der Waals surface area contributed by atoms with Crippen LogP contribution in [0.3, 0.4) is 0 Å². The average molecular weight is 300 g/mol. The van der Waals surface area contributed by atoms with Gasteiger partial charge in [-0.25, -0.2) is 0 Å². The second-order valence-electron chi connectivity index (χ2n) is 4.46. The number of rotatable bonds is 5. The first-order valence-electron chi connectivity index (χ1n) is 5.87. The second kappa shape index (κ2) is 5.85. The van der Waals surface area contributed by atoms with E-state index in [0.29, 0.717) is 18.6 Å². The summed E-state index contributed by atoms with van der Waals surface area (Å²) in [4.78, 5) is 0. The molecule has 0 radical (unpaired) electrons. The van der Waals surface area contributed by atoms with E-state index in [-0.39, 0.29) is 0 Å². The molecule has 4 heteroatoms. The van der Waals surface area contributed by atoms with Crippen LogP contribution in [-0.4, -0.2) is 19.8 Å². The van der Waals surface area contributed by atoms with Crippen LogP contribution in [0, 0.1) is 5.92 Å². The third kappa shape index (κ3) is 3.21. The zero-order chi connectivity index (χ0) is 12.3. The van der Waals surface area contributed by atoms with Crippen LogP contribution in [0.5, 0.6) is 5.75 Å². The molecule has 0 aliphatic heterocycles. The van der Waals surface area contributed by atoms with Crippen LogP contribution in [0.2, 0.25) is 0 Å². The van der Waals surface area contributed by atoms with Crippen molar-refractivity contribution in [2.45, 2.75) is 25.6 Å². The van der Waals surface area contributed by atoms with Gasteiger partial charge in [0.15, 0.2) is 0 Å². The lowest BCUT2D eigenvalue weighted by Crippen LogP contribution is -2.35. The van der Waals surface area contributed by atoms with E-state index in [2.05, 4.69) is 15.9 Å². The lowest BCUT2D eigenvalue weighted by molar-refractivity contribution is -0.0381. The number of benzene rings is 1. The van der Waals surface area contributed by atoms with Gasteiger partial charge in [0.25, 0.3) is 0 Å². The van der Waals surface area contributed by atoms with Crippen molar-refractivity contribution in [1.29, 1.82) is 0 Å². The Labute approximate surface area is 110 Å². The molecule has 1 aliphatic rings. The van der Waals surface area contributed by atoms with Gasteiger partial charge >= 0.3 is 0 Å². The Morgan fingerprint density at radius 3 is 2.82 bits per heavy atom. The van der Waals surface area contributed by atoms with Gasteiger partial charge in [-0.2, -0.15) is 0 Å². The highest BCUT2D eigenvalue weighted by Gasteiger charge is 2.28. The van der Waals surface area contributed by atoms with Crippen LogP contribution in [0.4, 0.5) is 0 Å². The Morgan fingerprint density at radius 1 is 1.41 bits per heavy atom. The molecule has 94 valence electrons. The van der Waals surface area contributed by atoms with Gasteiger partial charge in [-0.05, 0) is 43.5 Å². The molecule has 0 atom stereocenters. The van der Waals surface area contributed by atoms with Crippen molar-refractivity contribution in [1.82, 2.24) is 0 Å². The van der Waals surface area contributed by atoms with E-state index < -0.39 is 0 Å². The summed E-state index contributed by atoms with van der Waals surface area (Å²) in [6.07, 6.45) is 2.55. The van der Waals surface area contributed by atoms with Gasteiger partial charge in [0, 0.05) is 10.0 Å². The van der Waals surface area contributed by atoms with Gasteiger partial charge in [0.1, 0.15) is 5.75 Å². The van der Waals surface area contributed by atoms with Gasteiger partial charge in [-0.3, -0.25) is 0 Å². The number of nitrogens with two attached hydrogens (primary N) is 1. The molecular weight excluding hydrogens is 282 g/mol. The van der Waals surface area contributed by atoms with Crippen molar-refractivity contribution >= 4 is 15.9 Å². The summed E-state index contributed by atoms with van der Waals surface area (Å²) in [7, 11) is 1.68. The minimum Gasteiger partial charge on any atom is -0.496 e. The van der Waals surface area contributed by atoms with Crippen molar-refractivity contribution in [3.63, 3.8) is 0 Å². The molecule has 0 amide bonds. The van der Waals surface area contributed by atoms with Crippen molar-refractivity contribution in [2.75, 3.05) is 13.7 Å². The van der Waals surface area contributed by atoms with E-state index in [1.807, 2.05) is 18.2 Å². The first-order valence-corrected chi connectivity index (χ1v) is 6.66. The Morgan fingerprint density at radius 2 is 2.18 bits per heavy atom. The number of hydrogen-bond acceptors (Lipinski definition) is 3. The fourth-order valence-corrected chi connectivity index (χ4v) is 2.48. The predicted molar refractivity (Wildman–Crippen MR) is 71.0 cm³/mol. The first-order chi connectivity index (χ1) is 8.22. The van der Waals surface area contributed by atoms with Gasteiger partial charge in [-0.15, -0.1) is 0 Å². The number of hydrogen-bond donors (Lipinski definition) is 1. The van der Waals surface area contributed by atoms with Crippen LogP contribution in [0.25, 0.3) is 0 Å². The second-order valence-corrected chi connectivity index (χ2v) is 5.38. The smallest absolute Gasteiger partial charge is 0.124 e. The van der Waals surface area contributed by atoms with Crippen molar-refractivity contribution in [2.24, 2.45) is 11.7 Å². The SMILES string of the molecule is COc1ccc(Br)cc1COC1CC(CN)C1. The van der Waals surface area contributed by atoms with E-state index in [4.69, 9.17) is 15.2 Å². The standard InChI is InChI=1S/C13H18BrNO2/c1-16-13-3-2-11(14)6-10(13)8-17-12-4-9(5-12)7-15/h2-3,6,9,12H,4-5,7-8,15H2,1H3. The summed E-state index contributed by atoms with van der Waals surface area (Å²) in [6.45, 7) is 1.38. The quantitative estimate of drug-likeness (QED) is 0.909. The van der Waals surface area contributed by atoms with Crippen LogP contribution in [0.15, 0.2) is 22.7 Å². The highest BCUT2D eigenvalue weighted by molar-refractivity contribution is 9.10. The van der Waals surface area contributed by atoms with Gasteiger partial charge in [0.2, 0.25) is 0 Å². The molecule has 0 aromatic heterocycles. The number of ether oxygens (including phenoxy) is 2. The average Bonchev–Trinajstić information content (AvgIpc) is 2.27. The highest BCUT2D eigenvalue weighted by atomic mass is 79.9. The summed E-state index contributed by atoms with van der Waals surface area (Å²) >= 11 is 3.46. The first kappa shape index (κ1) is 12.9. The Hall–Kier alpha value is -0.580. The molecule has 17 heavy (non-hydrogen) atoms. The molecule has 1 fully saturated rings. The largest absolute Gasteiger partial charge is 0.496 e. The van der Waals surface area contributed by atoms with Crippen molar-refractivity contribution in [3.8, 4) is 5.75 Å². The summed E-state index contributed by atoms with van der Waals surface area (Å²) in [5, 5.41) is 0. The van der Waals surface area contributed by atoms with Gasteiger partial charge < -0.3 is 15.2 Å². The van der Waals surface area contributed by atoms with Crippen molar-refractivity contribution < 1.29 is 9.47 Å². The zero-order valence-electron chi connectivity index (χ0n) is 9.99. The Bertz CT molecular complexity index is 378. The van der Waals surface area contributed by atoms with Crippen LogP contribution < -0.4 is 10.5 Å². The van der Waals surface area contributed by atoms with E-state index in [1.54, 1.807) is 7.11 Å². The molecule has 1 saturated carbocycles. The molecule has 0 heterocycles. The van der Waals surface area contributed by atoms with Gasteiger partial charge in [0.05, 0.1) is 19.8 Å². The fraction of sp³-hybridized carbons (Fsp3) is 0.538. The highest BCUT2D eigenvalue weighted by Crippen LogP contribution is 2.31. The van der Waals surface area contributed by atoms with Crippen molar-refractivity contribution in [3.05, 3.63) is 28.2 Å². The maximum Gasteiger partial charge on any atom is 0.124 e. The predicted octanol–water partition coefficient (Wildman–Crippen LogP) is 2.71. The summed E-state index contributed by atoms with van der Waals surface area (Å²) in [5.74, 6) is 1.53. The molecule has 0 unspecified atom stereocenters. The van der Waals surface area contributed by atoms with Gasteiger partial charge in [-0.1, -0.05) is 15.9 Å². The van der Waals surface area contributed by atoms with E-state index >= 15 is 0 Å². The minimum atomic E-state index is 0.368. The topological polar surface area (TPSA) is 44.5 Å². The lowest BCUT2D eigenvalue weighted by Gasteiger charge is -2.34. The molecule has 0 saturated heterocycles. The van der Waals surface area contributed by atoms with Crippen LogP contribution in [-0.2, 0) is 11.3 Å². The monoisotopic (exact) mass is 299 g/mol. The van der Waals surface area contributed by atoms with Crippen LogP contribution >= 0.6 is 15.9 Å². The molecule has 1 aromatic rings. The normalized spacial score (nSPS) is 23.2. The third-order valence-corrected chi connectivity index (χ3v) is 3.74. The zero-order valence-corrected chi connectivity index (χ0v) is 11.6. The molecule has 3 nitrogen and oxygen atoms in total. The minimum absolute atomic E-state index is 0.368. The molecular formula is C13H18BrNO2. The Kier molecular flexibility index (Phi) is 4.42. The maximum atomic E-state index is 5.84. The molecule has 1 aromatic carbocycles. The number of methoxy groups -OCH3 is 1.